The van der Waals surface area contributed by atoms with Crippen molar-refractivity contribution in [3.8, 4) is 0 Å². The standard InChI is InChI=1S/C37H37N3O6S/c1-2-3-4-5-12-25-32-38-37(39-40(32)33(26-17-8-6-9-18-26)28-21-13-15-23-30(28)35(41)42)47(45,46)34(27-19-10-7-11-20-27)29-22-14-16-24-31(29)36(43)44/h6-11,13-24,33-34H,2-5,12,25H2,1H3,(H,41,42)(H,43,44). The highest BCUT2D eigenvalue weighted by molar-refractivity contribution is 7.91. The summed E-state index contributed by atoms with van der Waals surface area (Å²) in [7, 11) is -4.45. The van der Waals surface area contributed by atoms with Gasteiger partial charge in [-0.1, -0.05) is 130 Å². The van der Waals surface area contributed by atoms with E-state index in [1.807, 2.05) is 30.3 Å². The molecule has 0 amide bonds. The van der Waals surface area contributed by atoms with E-state index < -0.39 is 38.2 Å². The van der Waals surface area contributed by atoms with Gasteiger partial charge in [0.1, 0.15) is 17.1 Å². The molecule has 0 fully saturated rings. The zero-order valence-corrected chi connectivity index (χ0v) is 26.9. The minimum Gasteiger partial charge on any atom is -0.478 e. The van der Waals surface area contributed by atoms with E-state index in [9.17, 15) is 28.2 Å². The summed E-state index contributed by atoms with van der Waals surface area (Å²) in [6.45, 7) is 2.13. The van der Waals surface area contributed by atoms with Crippen molar-refractivity contribution in [3.63, 3.8) is 0 Å². The van der Waals surface area contributed by atoms with Gasteiger partial charge in [-0.2, -0.15) is 0 Å². The number of carbonyl (C=O) groups is 2. The molecule has 0 saturated heterocycles. The molecule has 5 rings (SSSR count). The van der Waals surface area contributed by atoms with Crippen LogP contribution in [0.15, 0.2) is 114 Å². The van der Waals surface area contributed by atoms with Gasteiger partial charge in [-0.25, -0.2) is 27.7 Å². The fourth-order valence-corrected chi connectivity index (χ4v) is 7.62. The molecule has 0 saturated carbocycles. The van der Waals surface area contributed by atoms with Crippen LogP contribution in [-0.4, -0.2) is 45.3 Å². The molecular formula is C37H37N3O6S. The van der Waals surface area contributed by atoms with Crippen LogP contribution < -0.4 is 0 Å². The number of sulfone groups is 1. The maximum absolute atomic E-state index is 14.7. The predicted molar refractivity (Wildman–Crippen MR) is 178 cm³/mol. The number of benzene rings is 4. The smallest absolute Gasteiger partial charge is 0.336 e. The summed E-state index contributed by atoms with van der Waals surface area (Å²) in [4.78, 5) is 29.4. The first-order chi connectivity index (χ1) is 22.7. The third-order valence-corrected chi connectivity index (χ3v) is 10.0. The topological polar surface area (TPSA) is 139 Å². The quantitative estimate of drug-likeness (QED) is 0.112. The first-order valence-electron chi connectivity index (χ1n) is 15.7. The van der Waals surface area contributed by atoms with Gasteiger partial charge in [0.2, 0.25) is 9.84 Å². The Bertz CT molecular complexity index is 1940. The van der Waals surface area contributed by atoms with Crippen LogP contribution in [0.5, 0.6) is 0 Å². The third kappa shape index (κ3) is 7.33. The van der Waals surface area contributed by atoms with Crippen molar-refractivity contribution in [2.75, 3.05) is 0 Å². The van der Waals surface area contributed by atoms with Crippen molar-refractivity contribution in [1.82, 2.24) is 14.8 Å². The third-order valence-electron chi connectivity index (χ3n) is 8.17. The Morgan fingerprint density at radius 1 is 0.681 bits per heavy atom. The Morgan fingerprint density at radius 2 is 1.19 bits per heavy atom. The minimum atomic E-state index is -4.45. The number of nitrogens with zero attached hydrogens (tertiary/aromatic N) is 3. The molecule has 9 nitrogen and oxygen atoms in total. The fourth-order valence-electron chi connectivity index (χ4n) is 5.92. The van der Waals surface area contributed by atoms with Crippen LogP contribution in [-0.2, 0) is 16.3 Å². The molecule has 10 heteroatoms. The fraction of sp³-hybridized carbons (Fsp3) is 0.243. The van der Waals surface area contributed by atoms with E-state index in [4.69, 9.17) is 0 Å². The Morgan fingerprint density at radius 3 is 1.79 bits per heavy atom. The average molecular weight is 652 g/mol. The lowest BCUT2D eigenvalue weighted by Gasteiger charge is -2.22. The predicted octanol–water partition coefficient (Wildman–Crippen LogP) is 7.39. The monoisotopic (exact) mass is 651 g/mol. The van der Waals surface area contributed by atoms with Gasteiger partial charge in [0.15, 0.2) is 0 Å². The molecule has 0 aliphatic heterocycles. The molecule has 0 aliphatic carbocycles. The lowest BCUT2D eigenvalue weighted by molar-refractivity contribution is 0.0684. The van der Waals surface area contributed by atoms with Crippen LogP contribution in [0.4, 0.5) is 0 Å². The number of carboxylic acid groups (broad SMARTS) is 2. The average Bonchev–Trinajstić information content (AvgIpc) is 3.50. The first kappa shape index (κ1) is 33.3. The van der Waals surface area contributed by atoms with Gasteiger partial charge in [0.05, 0.1) is 11.1 Å². The molecule has 0 aliphatic rings. The molecule has 0 bridgehead atoms. The van der Waals surface area contributed by atoms with E-state index in [0.717, 1.165) is 32.1 Å². The zero-order chi connectivity index (χ0) is 33.4. The van der Waals surface area contributed by atoms with Crippen molar-refractivity contribution < 1.29 is 28.2 Å². The van der Waals surface area contributed by atoms with Crippen LogP contribution in [0.25, 0.3) is 0 Å². The molecule has 1 heterocycles. The SMILES string of the molecule is CCCCCCCc1nc(S(=O)(=O)C(c2ccccc2)c2ccccc2C(=O)O)nn1C(c1ccccc1)c1ccccc1C(=O)O. The summed E-state index contributed by atoms with van der Waals surface area (Å²) in [5, 5.41) is 23.0. The first-order valence-corrected chi connectivity index (χ1v) is 17.2. The number of rotatable bonds is 15. The molecule has 2 atom stereocenters. The molecule has 1 aromatic heterocycles. The number of aryl methyl sites for hydroxylation is 1. The molecule has 4 aromatic carbocycles. The Balaban J connectivity index is 1.73. The normalized spacial score (nSPS) is 12.8. The number of aromatic nitrogens is 3. The van der Waals surface area contributed by atoms with Gasteiger partial charge in [-0.05, 0) is 40.8 Å². The molecule has 2 N–H and O–H groups in total. The maximum atomic E-state index is 14.7. The molecule has 5 aromatic rings. The van der Waals surface area contributed by atoms with Gasteiger partial charge in [-0.3, -0.25) is 0 Å². The van der Waals surface area contributed by atoms with Crippen LogP contribution >= 0.6 is 0 Å². The second-order valence-corrected chi connectivity index (χ2v) is 13.3. The van der Waals surface area contributed by atoms with Crippen molar-refractivity contribution in [2.45, 2.75) is 61.9 Å². The zero-order valence-electron chi connectivity index (χ0n) is 26.1. The van der Waals surface area contributed by atoms with Gasteiger partial charge < -0.3 is 10.2 Å². The van der Waals surface area contributed by atoms with Crippen molar-refractivity contribution in [1.29, 1.82) is 0 Å². The van der Waals surface area contributed by atoms with Crippen molar-refractivity contribution in [2.24, 2.45) is 0 Å². The van der Waals surface area contributed by atoms with E-state index in [-0.39, 0.29) is 16.7 Å². The second kappa shape index (κ2) is 15.0. The van der Waals surface area contributed by atoms with Gasteiger partial charge in [0.25, 0.3) is 5.16 Å². The summed E-state index contributed by atoms with van der Waals surface area (Å²) in [5.74, 6) is -1.98. The number of unbranched alkanes of at least 4 members (excludes halogenated alkanes) is 4. The molecule has 0 spiro atoms. The van der Waals surface area contributed by atoms with Crippen LogP contribution in [0.3, 0.4) is 0 Å². The number of hydrogen-bond donors (Lipinski definition) is 2. The summed E-state index contributed by atoms with van der Waals surface area (Å²) in [5.41, 5.74) is 1.53. The highest BCUT2D eigenvalue weighted by Gasteiger charge is 2.38. The summed E-state index contributed by atoms with van der Waals surface area (Å²) in [6.07, 6.45) is 5.20. The van der Waals surface area contributed by atoms with E-state index in [2.05, 4.69) is 17.0 Å². The lowest BCUT2D eigenvalue weighted by atomic mass is 9.94. The second-order valence-electron chi connectivity index (χ2n) is 11.4. The summed E-state index contributed by atoms with van der Waals surface area (Å²) in [6, 6.07) is 29.5. The molecule has 2 unspecified atom stereocenters. The number of carboxylic acids is 2. The van der Waals surface area contributed by atoms with Crippen molar-refractivity contribution >= 4 is 21.8 Å². The lowest BCUT2D eigenvalue weighted by Crippen LogP contribution is -2.21. The van der Waals surface area contributed by atoms with Gasteiger partial charge in [0, 0.05) is 6.42 Å². The molecule has 47 heavy (non-hydrogen) atoms. The summed E-state index contributed by atoms with van der Waals surface area (Å²) < 4.78 is 31.0. The largest absolute Gasteiger partial charge is 0.478 e. The van der Waals surface area contributed by atoms with Crippen LogP contribution in [0.1, 0.15) is 99.1 Å². The van der Waals surface area contributed by atoms with Crippen molar-refractivity contribution in [3.05, 3.63) is 148 Å². The van der Waals surface area contributed by atoms with E-state index >= 15 is 0 Å². The Kier molecular flexibility index (Phi) is 10.6. The maximum Gasteiger partial charge on any atom is 0.336 e. The van der Waals surface area contributed by atoms with Crippen LogP contribution in [0.2, 0.25) is 0 Å². The van der Waals surface area contributed by atoms with Gasteiger partial charge >= 0.3 is 11.9 Å². The molecule has 0 radical (unpaired) electrons. The Labute approximate surface area is 274 Å². The van der Waals surface area contributed by atoms with Gasteiger partial charge in [-0.15, -0.1) is 5.10 Å². The van der Waals surface area contributed by atoms with Crippen LogP contribution in [0, 0.1) is 0 Å². The number of hydrogen-bond acceptors (Lipinski definition) is 6. The Hall–Kier alpha value is -5.09. The summed E-state index contributed by atoms with van der Waals surface area (Å²) >= 11 is 0. The van der Waals surface area contributed by atoms with E-state index in [1.54, 1.807) is 60.7 Å². The van der Waals surface area contributed by atoms with E-state index in [1.165, 1.54) is 22.9 Å². The molecule has 242 valence electrons. The highest BCUT2D eigenvalue weighted by atomic mass is 32.2. The van der Waals surface area contributed by atoms with E-state index in [0.29, 0.717) is 28.9 Å². The highest BCUT2D eigenvalue weighted by Crippen LogP contribution is 2.37. The molecular weight excluding hydrogens is 614 g/mol. The number of aromatic carboxylic acids is 2. The minimum absolute atomic E-state index is 0.0627.